The Morgan fingerprint density at radius 2 is 1.86 bits per heavy atom. The molecule has 1 heterocycles. The van der Waals surface area contributed by atoms with E-state index >= 15 is 0 Å². The number of benzene rings is 2. The van der Waals surface area contributed by atoms with Crippen molar-refractivity contribution in [3.05, 3.63) is 71.6 Å². The lowest BCUT2D eigenvalue weighted by molar-refractivity contribution is -0.116. The Morgan fingerprint density at radius 3 is 2.59 bits per heavy atom. The predicted octanol–water partition coefficient (Wildman–Crippen LogP) is 3.31. The van der Waals surface area contributed by atoms with Gasteiger partial charge in [0.15, 0.2) is 5.58 Å². The van der Waals surface area contributed by atoms with Crippen molar-refractivity contribution in [2.45, 2.75) is 6.92 Å². The third kappa shape index (κ3) is 2.63. The molecule has 0 unspecified atom stereocenters. The molecule has 0 spiro atoms. The van der Waals surface area contributed by atoms with Gasteiger partial charge in [0, 0.05) is 13.1 Å². The first-order valence-electron chi connectivity index (χ1n) is 7.04. The van der Waals surface area contributed by atoms with Crippen LogP contribution < -0.4 is 5.32 Å². The molecular formula is C18H16N2O2. The maximum atomic E-state index is 11.8. The molecule has 4 heteroatoms. The Morgan fingerprint density at radius 1 is 1.14 bits per heavy atom. The molecule has 0 saturated heterocycles. The van der Waals surface area contributed by atoms with E-state index in [4.69, 9.17) is 4.42 Å². The topological polar surface area (TPSA) is 55.1 Å². The molecule has 0 aliphatic heterocycles. The number of nitrogens with one attached hydrogen (secondary N) is 1. The normalized spacial score (nSPS) is 11.6. The molecule has 0 fully saturated rings. The zero-order chi connectivity index (χ0) is 15.5. The van der Waals surface area contributed by atoms with Gasteiger partial charge in [-0.1, -0.05) is 36.4 Å². The number of nitrogens with zero attached hydrogens (tertiary/aromatic N) is 1. The third-order valence-electron chi connectivity index (χ3n) is 3.48. The van der Waals surface area contributed by atoms with Gasteiger partial charge in [-0.2, -0.15) is 0 Å². The van der Waals surface area contributed by atoms with Crippen molar-refractivity contribution in [1.29, 1.82) is 0 Å². The van der Waals surface area contributed by atoms with Crippen molar-refractivity contribution in [3.63, 3.8) is 0 Å². The molecule has 1 aromatic heterocycles. The zero-order valence-electron chi connectivity index (χ0n) is 12.5. The maximum Gasteiger partial charge on any atom is 0.244 e. The average molecular weight is 292 g/mol. The van der Waals surface area contributed by atoms with Crippen molar-refractivity contribution in [2.24, 2.45) is 0 Å². The van der Waals surface area contributed by atoms with E-state index in [-0.39, 0.29) is 5.91 Å². The second-order valence-electron chi connectivity index (χ2n) is 4.97. The minimum absolute atomic E-state index is 0.194. The van der Waals surface area contributed by atoms with E-state index in [1.54, 1.807) is 7.05 Å². The molecule has 22 heavy (non-hydrogen) atoms. The molecule has 2 aromatic carbocycles. The standard InChI is InChI=1S/C18H16N2O2/c1-12-7-3-4-8-13(12)14(11-17(21)19-2)18-20-15-9-5-6-10-16(15)22-18/h3-11H,1-2H3,(H,19,21)/b14-11+. The van der Waals surface area contributed by atoms with Crippen LogP contribution in [-0.2, 0) is 4.79 Å². The predicted molar refractivity (Wildman–Crippen MR) is 86.3 cm³/mol. The van der Waals surface area contributed by atoms with E-state index in [1.165, 1.54) is 6.08 Å². The molecule has 3 aromatic rings. The average Bonchev–Trinajstić information content (AvgIpc) is 2.97. The number of aryl methyl sites for hydroxylation is 1. The van der Waals surface area contributed by atoms with Crippen LogP contribution in [0.15, 0.2) is 59.0 Å². The molecule has 0 saturated carbocycles. The van der Waals surface area contributed by atoms with Crippen molar-refractivity contribution in [1.82, 2.24) is 10.3 Å². The number of aromatic nitrogens is 1. The molecular weight excluding hydrogens is 276 g/mol. The molecule has 0 radical (unpaired) electrons. The summed E-state index contributed by atoms with van der Waals surface area (Å²) >= 11 is 0. The highest BCUT2D eigenvalue weighted by Gasteiger charge is 2.15. The fraction of sp³-hybridized carbons (Fsp3) is 0.111. The van der Waals surface area contributed by atoms with Gasteiger partial charge in [-0.25, -0.2) is 4.98 Å². The number of hydrogen-bond donors (Lipinski definition) is 1. The van der Waals surface area contributed by atoms with Crippen LogP contribution in [0.2, 0.25) is 0 Å². The molecule has 4 nitrogen and oxygen atoms in total. The number of carbonyl (C=O) groups excluding carboxylic acids is 1. The van der Waals surface area contributed by atoms with E-state index in [9.17, 15) is 4.79 Å². The van der Waals surface area contributed by atoms with Gasteiger partial charge in [0.25, 0.3) is 0 Å². The van der Waals surface area contributed by atoms with Crippen molar-refractivity contribution in [3.8, 4) is 0 Å². The largest absolute Gasteiger partial charge is 0.436 e. The fourth-order valence-electron chi connectivity index (χ4n) is 2.32. The first kappa shape index (κ1) is 14.1. The first-order valence-corrected chi connectivity index (χ1v) is 7.04. The van der Waals surface area contributed by atoms with Gasteiger partial charge >= 0.3 is 0 Å². The van der Waals surface area contributed by atoms with Gasteiger partial charge in [-0.05, 0) is 30.2 Å². The Kier molecular flexibility index (Phi) is 3.74. The minimum Gasteiger partial charge on any atom is -0.436 e. The molecule has 0 atom stereocenters. The summed E-state index contributed by atoms with van der Waals surface area (Å²) in [5, 5.41) is 2.60. The number of para-hydroxylation sites is 2. The van der Waals surface area contributed by atoms with Crippen LogP contribution >= 0.6 is 0 Å². The fourth-order valence-corrected chi connectivity index (χ4v) is 2.32. The number of oxazole rings is 1. The molecule has 1 N–H and O–H groups in total. The van der Waals surface area contributed by atoms with Crippen LogP contribution in [0.4, 0.5) is 0 Å². The van der Waals surface area contributed by atoms with Gasteiger partial charge in [0.2, 0.25) is 11.8 Å². The van der Waals surface area contributed by atoms with Crippen LogP contribution in [0.5, 0.6) is 0 Å². The summed E-state index contributed by atoms with van der Waals surface area (Å²) in [7, 11) is 1.60. The van der Waals surface area contributed by atoms with Crippen LogP contribution in [0, 0.1) is 6.92 Å². The van der Waals surface area contributed by atoms with Crippen molar-refractivity contribution < 1.29 is 9.21 Å². The second kappa shape index (κ2) is 5.85. The Labute approximate surface area is 128 Å². The summed E-state index contributed by atoms with van der Waals surface area (Å²) in [5.74, 6) is 0.250. The number of carbonyl (C=O) groups is 1. The minimum atomic E-state index is -0.194. The highest BCUT2D eigenvalue weighted by molar-refractivity contribution is 5.98. The van der Waals surface area contributed by atoms with Gasteiger partial charge in [0.05, 0.1) is 5.57 Å². The van der Waals surface area contributed by atoms with Gasteiger partial charge < -0.3 is 9.73 Å². The van der Waals surface area contributed by atoms with E-state index in [2.05, 4.69) is 10.3 Å². The molecule has 0 bridgehead atoms. The Bertz CT molecular complexity index is 829. The monoisotopic (exact) mass is 292 g/mol. The Balaban J connectivity index is 2.19. The number of hydrogen-bond acceptors (Lipinski definition) is 3. The smallest absolute Gasteiger partial charge is 0.244 e. The summed E-state index contributed by atoms with van der Waals surface area (Å²) in [6.07, 6.45) is 1.52. The van der Waals surface area contributed by atoms with Gasteiger partial charge in [0.1, 0.15) is 5.52 Å². The molecule has 110 valence electrons. The lowest BCUT2D eigenvalue weighted by Crippen LogP contribution is -2.15. The lowest BCUT2D eigenvalue weighted by Gasteiger charge is -2.07. The second-order valence-corrected chi connectivity index (χ2v) is 4.97. The van der Waals surface area contributed by atoms with E-state index in [1.807, 2.05) is 55.5 Å². The summed E-state index contributed by atoms with van der Waals surface area (Å²) in [6.45, 7) is 2.00. The Hall–Kier alpha value is -2.88. The third-order valence-corrected chi connectivity index (χ3v) is 3.48. The SMILES string of the molecule is CNC(=O)/C=C(/c1nc2ccccc2o1)c1ccccc1C. The molecule has 3 rings (SSSR count). The quantitative estimate of drug-likeness (QED) is 0.753. The van der Waals surface area contributed by atoms with Crippen LogP contribution in [-0.4, -0.2) is 17.9 Å². The van der Waals surface area contributed by atoms with E-state index < -0.39 is 0 Å². The molecule has 1 amide bonds. The molecule has 0 aliphatic carbocycles. The summed E-state index contributed by atoms with van der Waals surface area (Å²) < 4.78 is 5.83. The number of amides is 1. The van der Waals surface area contributed by atoms with E-state index in [0.29, 0.717) is 17.0 Å². The number of fused-ring (bicyclic) bond motifs is 1. The van der Waals surface area contributed by atoms with Crippen molar-refractivity contribution >= 4 is 22.6 Å². The highest BCUT2D eigenvalue weighted by atomic mass is 16.3. The highest BCUT2D eigenvalue weighted by Crippen LogP contribution is 2.28. The summed E-state index contributed by atoms with van der Waals surface area (Å²) in [6, 6.07) is 15.4. The maximum absolute atomic E-state index is 11.8. The van der Waals surface area contributed by atoms with Crippen LogP contribution in [0.25, 0.3) is 16.7 Å². The summed E-state index contributed by atoms with van der Waals surface area (Å²) in [4.78, 5) is 16.3. The zero-order valence-corrected chi connectivity index (χ0v) is 12.5. The van der Waals surface area contributed by atoms with Gasteiger partial charge in [-0.3, -0.25) is 4.79 Å². The van der Waals surface area contributed by atoms with Crippen molar-refractivity contribution in [2.75, 3.05) is 7.05 Å². The lowest BCUT2D eigenvalue weighted by atomic mass is 10.00. The molecule has 0 aliphatic rings. The number of rotatable bonds is 3. The first-order chi connectivity index (χ1) is 10.7. The van der Waals surface area contributed by atoms with Crippen LogP contribution in [0.1, 0.15) is 17.0 Å². The van der Waals surface area contributed by atoms with Gasteiger partial charge in [-0.15, -0.1) is 0 Å². The summed E-state index contributed by atoms with van der Waals surface area (Å²) in [5.41, 5.74) is 4.13. The van der Waals surface area contributed by atoms with Crippen LogP contribution in [0.3, 0.4) is 0 Å². The van der Waals surface area contributed by atoms with E-state index in [0.717, 1.165) is 16.6 Å². The number of likely N-dealkylation sites (N-methyl/N-ethyl adjacent to an activating group) is 1.